The molecular formula is C10H11N3O2. The van der Waals surface area contributed by atoms with Crippen molar-refractivity contribution in [2.24, 2.45) is 0 Å². The molecule has 0 fully saturated rings. The fourth-order valence-electron chi connectivity index (χ4n) is 1.01. The van der Waals surface area contributed by atoms with E-state index in [-0.39, 0.29) is 11.4 Å². The van der Waals surface area contributed by atoms with Gasteiger partial charge in [0.15, 0.2) is 0 Å². The van der Waals surface area contributed by atoms with Crippen LogP contribution < -0.4 is 11.1 Å². The molecule has 0 spiro atoms. The van der Waals surface area contributed by atoms with E-state index in [2.05, 4.69) is 17.2 Å². The molecule has 0 bridgehead atoms. The molecule has 0 aromatic heterocycles. The van der Waals surface area contributed by atoms with Gasteiger partial charge >= 0.3 is 0 Å². The van der Waals surface area contributed by atoms with E-state index < -0.39 is 4.92 Å². The van der Waals surface area contributed by atoms with Gasteiger partial charge in [0, 0.05) is 11.6 Å². The third kappa shape index (κ3) is 2.97. The predicted molar refractivity (Wildman–Crippen MR) is 58.3 cm³/mol. The lowest BCUT2D eigenvalue weighted by molar-refractivity contribution is -0.383. The first-order chi connectivity index (χ1) is 7.15. The molecule has 0 saturated heterocycles. The molecule has 5 nitrogen and oxygen atoms in total. The first-order valence-corrected chi connectivity index (χ1v) is 4.32. The van der Waals surface area contributed by atoms with E-state index in [1.807, 2.05) is 0 Å². The molecule has 78 valence electrons. The monoisotopic (exact) mass is 205 g/mol. The van der Waals surface area contributed by atoms with E-state index >= 15 is 0 Å². The molecule has 3 N–H and O–H groups in total. The zero-order valence-electron chi connectivity index (χ0n) is 8.28. The lowest BCUT2D eigenvalue weighted by Crippen LogP contribution is -2.04. The highest BCUT2D eigenvalue weighted by Crippen LogP contribution is 2.21. The van der Waals surface area contributed by atoms with Crippen molar-refractivity contribution in [3.05, 3.63) is 33.9 Å². The first-order valence-electron chi connectivity index (χ1n) is 4.32. The Morgan fingerprint density at radius 1 is 1.60 bits per heavy atom. The third-order valence-corrected chi connectivity index (χ3v) is 1.73. The molecule has 0 atom stereocenters. The minimum atomic E-state index is -0.515. The molecule has 0 heterocycles. The molecule has 0 unspecified atom stereocenters. The quantitative estimate of drug-likeness (QED) is 0.323. The third-order valence-electron chi connectivity index (χ3n) is 1.73. The van der Waals surface area contributed by atoms with Crippen LogP contribution >= 0.6 is 0 Å². The number of benzene rings is 1. The smallest absolute Gasteiger partial charge is 0.293 e. The Hall–Kier alpha value is -2.06. The van der Waals surface area contributed by atoms with E-state index in [4.69, 9.17) is 5.73 Å². The highest BCUT2D eigenvalue weighted by Gasteiger charge is 2.10. The van der Waals surface area contributed by atoms with Crippen LogP contribution in [0.3, 0.4) is 0 Å². The Balaban J connectivity index is 2.99. The highest BCUT2D eigenvalue weighted by atomic mass is 16.6. The second-order valence-corrected chi connectivity index (χ2v) is 2.86. The summed E-state index contributed by atoms with van der Waals surface area (Å²) in [7, 11) is 1.78. The van der Waals surface area contributed by atoms with Crippen LogP contribution in [0.2, 0.25) is 0 Å². The van der Waals surface area contributed by atoms with Gasteiger partial charge in [-0.2, -0.15) is 0 Å². The van der Waals surface area contributed by atoms with Gasteiger partial charge in [-0.15, -0.1) is 0 Å². The maximum atomic E-state index is 10.6. The van der Waals surface area contributed by atoms with Gasteiger partial charge in [-0.05, 0) is 19.2 Å². The Morgan fingerprint density at radius 3 is 2.93 bits per heavy atom. The average molecular weight is 205 g/mol. The number of nitrogens with two attached hydrogens (primary N) is 1. The summed E-state index contributed by atoms with van der Waals surface area (Å²) in [6, 6.07) is 4.52. The molecule has 1 aromatic carbocycles. The van der Waals surface area contributed by atoms with Gasteiger partial charge in [0.1, 0.15) is 5.69 Å². The van der Waals surface area contributed by atoms with Gasteiger partial charge in [-0.3, -0.25) is 10.1 Å². The van der Waals surface area contributed by atoms with Crippen LogP contribution in [0.1, 0.15) is 5.56 Å². The van der Waals surface area contributed by atoms with E-state index in [0.717, 1.165) is 0 Å². The summed E-state index contributed by atoms with van der Waals surface area (Å²) < 4.78 is 0. The highest BCUT2D eigenvalue weighted by molar-refractivity contribution is 5.61. The lowest BCUT2D eigenvalue weighted by atomic mass is 10.2. The Bertz CT molecular complexity index is 432. The summed E-state index contributed by atoms with van der Waals surface area (Å²) in [5.74, 6) is 5.61. The number of hydrogen-bond donors (Lipinski definition) is 2. The molecule has 0 amide bonds. The van der Waals surface area contributed by atoms with Crippen molar-refractivity contribution in [3.8, 4) is 11.8 Å². The van der Waals surface area contributed by atoms with E-state index in [0.29, 0.717) is 12.1 Å². The Kier molecular flexibility index (Phi) is 3.66. The number of nitrogens with one attached hydrogen (secondary N) is 1. The molecule has 0 aliphatic carbocycles. The van der Waals surface area contributed by atoms with Crippen molar-refractivity contribution in [3.63, 3.8) is 0 Å². The van der Waals surface area contributed by atoms with Gasteiger partial charge in [0.2, 0.25) is 0 Å². The predicted octanol–water partition coefficient (Wildman–Crippen LogP) is 0.748. The molecule has 0 radical (unpaired) electrons. The van der Waals surface area contributed by atoms with Crippen LogP contribution in [0.15, 0.2) is 18.2 Å². The summed E-state index contributed by atoms with van der Waals surface area (Å²) in [6.07, 6.45) is 0. The molecule has 5 heteroatoms. The van der Waals surface area contributed by atoms with Gasteiger partial charge in [-0.1, -0.05) is 11.8 Å². The summed E-state index contributed by atoms with van der Waals surface area (Å²) >= 11 is 0. The van der Waals surface area contributed by atoms with Crippen LogP contribution in [0.5, 0.6) is 0 Å². The molecule has 0 saturated carbocycles. The molecule has 0 aliphatic heterocycles. The first kappa shape index (κ1) is 11.0. The van der Waals surface area contributed by atoms with Crippen molar-refractivity contribution < 1.29 is 4.92 Å². The second kappa shape index (κ2) is 4.98. The van der Waals surface area contributed by atoms with E-state index in [9.17, 15) is 10.1 Å². The number of anilines is 1. The van der Waals surface area contributed by atoms with Crippen molar-refractivity contribution in [2.75, 3.05) is 19.3 Å². The van der Waals surface area contributed by atoms with E-state index in [1.165, 1.54) is 12.1 Å². The molecule has 15 heavy (non-hydrogen) atoms. The normalized spacial score (nSPS) is 9.13. The van der Waals surface area contributed by atoms with Gasteiger partial charge < -0.3 is 11.1 Å². The fraction of sp³-hybridized carbons (Fsp3) is 0.200. The Labute approximate surface area is 87.4 Å². The molecule has 1 rings (SSSR count). The van der Waals surface area contributed by atoms with Crippen molar-refractivity contribution >= 4 is 11.4 Å². The van der Waals surface area contributed by atoms with Crippen LogP contribution in [0.25, 0.3) is 0 Å². The number of rotatable bonds is 2. The standard InChI is InChI=1S/C10H11N3O2/c1-12-6-2-3-8-4-5-9(11)10(7-8)13(14)15/h4-5,7,12H,6,11H2,1H3. The number of nitro benzene ring substituents is 1. The van der Waals surface area contributed by atoms with Crippen molar-refractivity contribution in [2.45, 2.75) is 0 Å². The molecule has 1 aromatic rings. The number of nitro groups is 1. The van der Waals surface area contributed by atoms with Crippen LogP contribution in [0.4, 0.5) is 11.4 Å². The zero-order valence-corrected chi connectivity index (χ0v) is 8.28. The average Bonchev–Trinajstić information content (AvgIpc) is 2.20. The number of nitrogens with zero attached hydrogens (tertiary/aromatic N) is 1. The van der Waals surface area contributed by atoms with E-state index in [1.54, 1.807) is 13.1 Å². The minimum absolute atomic E-state index is 0.105. The fourth-order valence-corrected chi connectivity index (χ4v) is 1.01. The number of nitrogen functional groups attached to an aromatic ring is 1. The maximum Gasteiger partial charge on any atom is 0.293 e. The summed E-state index contributed by atoms with van der Waals surface area (Å²) in [6.45, 7) is 0.540. The maximum absolute atomic E-state index is 10.6. The summed E-state index contributed by atoms with van der Waals surface area (Å²) in [5.41, 5.74) is 6.08. The van der Waals surface area contributed by atoms with Gasteiger partial charge in [-0.25, -0.2) is 0 Å². The lowest BCUT2D eigenvalue weighted by Gasteiger charge is -1.96. The van der Waals surface area contributed by atoms with Crippen LogP contribution in [-0.4, -0.2) is 18.5 Å². The molecule has 0 aliphatic rings. The Morgan fingerprint density at radius 2 is 2.33 bits per heavy atom. The van der Waals surface area contributed by atoms with Crippen LogP contribution in [0, 0.1) is 22.0 Å². The minimum Gasteiger partial charge on any atom is -0.393 e. The van der Waals surface area contributed by atoms with Gasteiger partial charge in [0.05, 0.1) is 11.5 Å². The SMILES string of the molecule is CNCC#Cc1ccc(N)c([N+](=O)[O-])c1. The largest absolute Gasteiger partial charge is 0.393 e. The summed E-state index contributed by atoms with van der Waals surface area (Å²) in [5, 5.41) is 13.4. The molecular weight excluding hydrogens is 194 g/mol. The topological polar surface area (TPSA) is 81.2 Å². The number of hydrogen-bond acceptors (Lipinski definition) is 4. The zero-order chi connectivity index (χ0) is 11.3. The van der Waals surface area contributed by atoms with Crippen LogP contribution in [-0.2, 0) is 0 Å². The van der Waals surface area contributed by atoms with Gasteiger partial charge in [0.25, 0.3) is 5.69 Å². The second-order valence-electron chi connectivity index (χ2n) is 2.86. The van der Waals surface area contributed by atoms with Crippen molar-refractivity contribution in [1.82, 2.24) is 5.32 Å². The summed E-state index contributed by atoms with van der Waals surface area (Å²) in [4.78, 5) is 10.1. The van der Waals surface area contributed by atoms with Crippen molar-refractivity contribution in [1.29, 1.82) is 0 Å².